The number of nitrogens with zero attached hydrogens (tertiary/aromatic N) is 1. The number of hydrogen-bond acceptors (Lipinski definition) is 1. The van der Waals surface area contributed by atoms with E-state index in [1.165, 1.54) is 13.0 Å². The van der Waals surface area contributed by atoms with Gasteiger partial charge < -0.3 is 5.73 Å². The highest BCUT2D eigenvalue weighted by Gasteiger charge is 2.30. The van der Waals surface area contributed by atoms with Crippen molar-refractivity contribution in [2.24, 2.45) is 10.7 Å². The van der Waals surface area contributed by atoms with E-state index in [4.69, 9.17) is 17.3 Å². The Morgan fingerprint density at radius 2 is 2.00 bits per heavy atom. The van der Waals surface area contributed by atoms with Crippen LogP contribution in [-0.2, 0) is 6.18 Å². The Kier molecular flexibility index (Phi) is 3.24. The van der Waals surface area contributed by atoms with Crippen LogP contribution in [0.4, 0.5) is 18.9 Å². The number of alkyl halides is 3. The Balaban J connectivity index is 3.15. The van der Waals surface area contributed by atoms with Crippen LogP contribution >= 0.6 is 11.6 Å². The molecule has 1 aromatic carbocycles. The van der Waals surface area contributed by atoms with Crippen LogP contribution in [0, 0.1) is 0 Å². The summed E-state index contributed by atoms with van der Waals surface area (Å²) in [6.07, 6.45) is -4.40. The maximum Gasteiger partial charge on any atom is 0.416 e. The summed E-state index contributed by atoms with van der Waals surface area (Å²) in [7, 11) is 0. The summed E-state index contributed by atoms with van der Waals surface area (Å²) < 4.78 is 36.7. The highest BCUT2D eigenvalue weighted by Crippen LogP contribution is 2.34. The summed E-state index contributed by atoms with van der Waals surface area (Å²) in [6, 6.07) is 2.92. The van der Waals surface area contributed by atoms with Gasteiger partial charge in [0.2, 0.25) is 0 Å². The fourth-order valence-corrected chi connectivity index (χ4v) is 1.19. The van der Waals surface area contributed by atoms with Gasteiger partial charge in [-0.1, -0.05) is 11.6 Å². The molecule has 0 aliphatic rings. The van der Waals surface area contributed by atoms with Gasteiger partial charge in [0.05, 0.1) is 22.1 Å². The number of rotatable bonds is 1. The van der Waals surface area contributed by atoms with E-state index in [2.05, 4.69) is 4.99 Å². The van der Waals surface area contributed by atoms with E-state index < -0.39 is 11.7 Å². The van der Waals surface area contributed by atoms with E-state index >= 15 is 0 Å². The lowest BCUT2D eigenvalue weighted by molar-refractivity contribution is -0.137. The molecule has 0 saturated heterocycles. The quantitative estimate of drug-likeness (QED) is 0.589. The summed E-state index contributed by atoms with van der Waals surface area (Å²) in [4.78, 5) is 3.78. The molecule has 0 atom stereocenters. The first-order valence-electron chi connectivity index (χ1n) is 3.98. The van der Waals surface area contributed by atoms with Crippen LogP contribution < -0.4 is 5.73 Å². The molecular formula is C9H8ClF3N2. The summed E-state index contributed by atoms with van der Waals surface area (Å²) in [5, 5.41) is -0.0744. The van der Waals surface area contributed by atoms with Crippen molar-refractivity contribution in [3.63, 3.8) is 0 Å². The third-order valence-corrected chi connectivity index (χ3v) is 1.87. The zero-order valence-corrected chi connectivity index (χ0v) is 8.52. The number of aliphatic imine (C=N–C) groups is 1. The molecule has 0 aromatic heterocycles. The van der Waals surface area contributed by atoms with E-state index in [0.717, 1.165) is 12.1 Å². The van der Waals surface area contributed by atoms with Gasteiger partial charge in [-0.2, -0.15) is 13.2 Å². The van der Waals surface area contributed by atoms with E-state index in [9.17, 15) is 13.2 Å². The first-order valence-corrected chi connectivity index (χ1v) is 4.36. The molecule has 0 bridgehead atoms. The molecule has 6 heteroatoms. The average molecular weight is 237 g/mol. The first kappa shape index (κ1) is 11.8. The van der Waals surface area contributed by atoms with Gasteiger partial charge in [0.25, 0.3) is 0 Å². The number of nitrogens with two attached hydrogens (primary N) is 1. The van der Waals surface area contributed by atoms with Crippen LogP contribution in [0.1, 0.15) is 12.5 Å². The molecule has 1 aromatic rings. The van der Waals surface area contributed by atoms with Gasteiger partial charge in [0, 0.05) is 0 Å². The van der Waals surface area contributed by atoms with Crippen molar-refractivity contribution in [2.45, 2.75) is 13.1 Å². The summed E-state index contributed by atoms with van der Waals surface area (Å²) in [5.41, 5.74) is 4.71. The Morgan fingerprint density at radius 3 is 2.40 bits per heavy atom. The predicted molar refractivity (Wildman–Crippen MR) is 53.4 cm³/mol. The van der Waals surface area contributed by atoms with Gasteiger partial charge >= 0.3 is 6.18 Å². The molecule has 0 amide bonds. The third kappa shape index (κ3) is 3.13. The molecule has 0 aliphatic heterocycles. The largest absolute Gasteiger partial charge is 0.416 e. The molecular weight excluding hydrogens is 229 g/mol. The van der Waals surface area contributed by atoms with E-state index in [1.807, 2.05) is 0 Å². The van der Waals surface area contributed by atoms with Crippen molar-refractivity contribution in [3.8, 4) is 0 Å². The van der Waals surface area contributed by atoms with Crippen molar-refractivity contribution in [2.75, 3.05) is 0 Å². The normalized spacial score (nSPS) is 13.0. The minimum absolute atomic E-state index is 0.0744. The Labute approximate surface area is 89.6 Å². The Morgan fingerprint density at radius 1 is 1.40 bits per heavy atom. The first-order chi connectivity index (χ1) is 6.80. The second-order valence-corrected chi connectivity index (χ2v) is 3.32. The topological polar surface area (TPSA) is 38.4 Å². The molecule has 0 unspecified atom stereocenters. The van der Waals surface area contributed by atoms with Crippen LogP contribution in [-0.4, -0.2) is 5.84 Å². The summed E-state index contributed by atoms with van der Waals surface area (Å²) in [6.45, 7) is 1.52. The van der Waals surface area contributed by atoms with E-state index in [-0.39, 0.29) is 16.5 Å². The summed E-state index contributed by atoms with van der Waals surface area (Å²) in [5.74, 6) is 0.233. The van der Waals surface area contributed by atoms with Crippen molar-refractivity contribution in [1.29, 1.82) is 0 Å². The van der Waals surface area contributed by atoms with Gasteiger partial charge in [-0.15, -0.1) is 0 Å². The molecule has 82 valence electrons. The lowest BCUT2D eigenvalue weighted by Crippen LogP contribution is -2.05. The van der Waals surface area contributed by atoms with Crippen LogP contribution in [0.3, 0.4) is 0 Å². The van der Waals surface area contributed by atoms with Crippen molar-refractivity contribution in [1.82, 2.24) is 0 Å². The van der Waals surface area contributed by atoms with E-state index in [1.54, 1.807) is 0 Å². The molecule has 0 heterocycles. The van der Waals surface area contributed by atoms with Gasteiger partial charge in [-0.25, -0.2) is 4.99 Å². The molecule has 0 spiro atoms. The standard InChI is InChI=1S/C9H8ClF3N2/c1-5(14)15-8-3-2-6(4-7(8)10)9(11,12)13/h2-4H,1H3,(H2,14,15). The second-order valence-electron chi connectivity index (χ2n) is 2.92. The summed E-state index contributed by atoms with van der Waals surface area (Å²) >= 11 is 5.62. The van der Waals surface area contributed by atoms with Crippen LogP contribution in [0.25, 0.3) is 0 Å². The molecule has 0 fully saturated rings. The average Bonchev–Trinajstić information content (AvgIpc) is 2.05. The second kappa shape index (κ2) is 4.10. The number of halogens is 4. The molecule has 15 heavy (non-hydrogen) atoms. The maximum absolute atomic E-state index is 12.2. The number of benzene rings is 1. The van der Waals surface area contributed by atoms with Gasteiger partial charge in [-0.3, -0.25) is 0 Å². The predicted octanol–water partition coefficient (Wildman–Crippen LogP) is 3.37. The monoisotopic (exact) mass is 236 g/mol. The number of hydrogen-bond donors (Lipinski definition) is 1. The molecule has 2 N–H and O–H groups in total. The SMILES string of the molecule is CC(N)=Nc1ccc(C(F)(F)F)cc1Cl. The minimum atomic E-state index is -4.40. The Bertz CT molecular complexity index is 395. The van der Waals surface area contributed by atoms with Crippen molar-refractivity contribution in [3.05, 3.63) is 28.8 Å². The van der Waals surface area contributed by atoms with Crippen LogP contribution in [0.15, 0.2) is 23.2 Å². The van der Waals surface area contributed by atoms with Gasteiger partial charge in [0.15, 0.2) is 0 Å². The van der Waals surface area contributed by atoms with Crippen molar-refractivity contribution >= 4 is 23.1 Å². The molecule has 0 radical (unpaired) electrons. The van der Waals surface area contributed by atoms with Crippen LogP contribution in [0.2, 0.25) is 5.02 Å². The number of amidine groups is 1. The highest BCUT2D eigenvalue weighted by atomic mass is 35.5. The van der Waals surface area contributed by atoms with Gasteiger partial charge in [-0.05, 0) is 25.1 Å². The fraction of sp³-hybridized carbons (Fsp3) is 0.222. The van der Waals surface area contributed by atoms with Crippen LogP contribution in [0.5, 0.6) is 0 Å². The Hall–Kier alpha value is -1.23. The van der Waals surface area contributed by atoms with Gasteiger partial charge in [0.1, 0.15) is 0 Å². The molecule has 0 saturated carbocycles. The lowest BCUT2D eigenvalue weighted by Gasteiger charge is -2.07. The van der Waals surface area contributed by atoms with E-state index in [0.29, 0.717) is 0 Å². The molecule has 2 nitrogen and oxygen atoms in total. The lowest BCUT2D eigenvalue weighted by atomic mass is 10.2. The van der Waals surface area contributed by atoms with Crippen molar-refractivity contribution < 1.29 is 13.2 Å². The minimum Gasteiger partial charge on any atom is -0.387 e. The molecule has 1 rings (SSSR count). The maximum atomic E-state index is 12.2. The smallest absolute Gasteiger partial charge is 0.387 e. The highest BCUT2D eigenvalue weighted by molar-refractivity contribution is 6.33. The third-order valence-electron chi connectivity index (χ3n) is 1.57. The fourth-order valence-electron chi connectivity index (χ4n) is 0.964. The zero-order valence-electron chi connectivity index (χ0n) is 7.77. The molecule has 0 aliphatic carbocycles. The zero-order chi connectivity index (χ0) is 11.6.